The third-order valence-electron chi connectivity index (χ3n) is 5.69. The molecule has 132 valence electrons. The Morgan fingerprint density at radius 2 is 1.80 bits per heavy atom. The van der Waals surface area contributed by atoms with Crippen LogP contribution in [-0.2, 0) is 6.54 Å². The van der Waals surface area contributed by atoms with Gasteiger partial charge in [-0.15, -0.1) is 0 Å². The smallest absolute Gasteiger partial charge is 0.128 e. The summed E-state index contributed by atoms with van der Waals surface area (Å²) in [6.45, 7) is 6.17. The van der Waals surface area contributed by atoms with E-state index >= 15 is 0 Å². The number of nitrogens with two attached hydrogens (primary N) is 1. The molecule has 2 aromatic rings. The molecule has 2 aliphatic rings. The summed E-state index contributed by atoms with van der Waals surface area (Å²) in [4.78, 5) is 9.61. The Balaban J connectivity index is 1.41. The third kappa shape index (κ3) is 3.70. The van der Waals surface area contributed by atoms with E-state index in [0.717, 1.165) is 45.1 Å². The van der Waals surface area contributed by atoms with Gasteiger partial charge in [0.2, 0.25) is 0 Å². The Hall–Kier alpha value is -1.91. The summed E-state index contributed by atoms with van der Waals surface area (Å²) >= 11 is 0. The second kappa shape index (κ2) is 7.54. The molecule has 4 rings (SSSR count). The van der Waals surface area contributed by atoms with E-state index in [1.165, 1.54) is 24.0 Å². The lowest BCUT2D eigenvalue weighted by Crippen LogP contribution is -2.23. The summed E-state index contributed by atoms with van der Waals surface area (Å²) in [5.74, 6) is 2.21. The van der Waals surface area contributed by atoms with Crippen molar-refractivity contribution in [2.45, 2.75) is 25.3 Å². The molecule has 2 saturated heterocycles. The number of nitrogens with zero attached hydrogens (tertiary/aromatic N) is 3. The second-order valence-electron chi connectivity index (χ2n) is 7.43. The van der Waals surface area contributed by atoms with Crippen LogP contribution >= 0.6 is 0 Å². The monoisotopic (exact) mass is 336 g/mol. The molecular weight excluding hydrogens is 308 g/mol. The fourth-order valence-corrected chi connectivity index (χ4v) is 4.31. The van der Waals surface area contributed by atoms with E-state index in [4.69, 9.17) is 10.7 Å². The maximum absolute atomic E-state index is 6.06. The SMILES string of the molecule is NC[C@@H]1CN(Cc2ccc(N3CCCC3)nc2)C[C@H]1c1ccccc1. The van der Waals surface area contributed by atoms with Crippen LogP contribution in [-0.4, -0.2) is 42.6 Å². The first kappa shape index (κ1) is 16.6. The molecule has 2 atom stereocenters. The van der Waals surface area contributed by atoms with Gasteiger partial charge in [0.15, 0.2) is 0 Å². The van der Waals surface area contributed by atoms with Crippen LogP contribution in [0.5, 0.6) is 0 Å². The van der Waals surface area contributed by atoms with Crippen molar-refractivity contribution in [1.82, 2.24) is 9.88 Å². The maximum Gasteiger partial charge on any atom is 0.128 e. The van der Waals surface area contributed by atoms with Crippen molar-refractivity contribution in [1.29, 1.82) is 0 Å². The molecule has 0 radical (unpaired) electrons. The standard InChI is InChI=1S/C21H28N4/c22-12-19-15-24(16-20(19)18-6-2-1-3-7-18)14-17-8-9-21(23-13-17)25-10-4-5-11-25/h1-3,6-9,13,19-20H,4-5,10-12,14-16,22H2/t19-,20+/m1/s1. The Labute approximate surface area is 150 Å². The van der Waals surface area contributed by atoms with Gasteiger partial charge in [-0.05, 0) is 42.5 Å². The minimum absolute atomic E-state index is 0.541. The van der Waals surface area contributed by atoms with Gasteiger partial charge in [0.1, 0.15) is 5.82 Å². The third-order valence-corrected chi connectivity index (χ3v) is 5.69. The van der Waals surface area contributed by atoms with Gasteiger partial charge in [0, 0.05) is 44.8 Å². The molecule has 2 aliphatic heterocycles. The van der Waals surface area contributed by atoms with Crippen LogP contribution in [0.25, 0.3) is 0 Å². The molecule has 4 heteroatoms. The second-order valence-corrected chi connectivity index (χ2v) is 7.43. The largest absolute Gasteiger partial charge is 0.357 e. The summed E-state index contributed by atoms with van der Waals surface area (Å²) in [5.41, 5.74) is 8.78. The molecule has 4 nitrogen and oxygen atoms in total. The predicted molar refractivity (Wildman–Crippen MR) is 103 cm³/mol. The number of anilines is 1. The number of rotatable bonds is 5. The first-order chi connectivity index (χ1) is 12.3. The molecule has 2 N–H and O–H groups in total. The van der Waals surface area contributed by atoms with Crippen molar-refractivity contribution in [3.05, 3.63) is 59.8 Å². The molecule has 0 amide bonds. The minimum atomic E-state index is 0.541. The Bertz CT molecular complexity index is 664. The summed E-state index contributed by atoms with van der Waals surface area (Å²) in [6, 6.07) is 15.3. The number of likely N-dealkylation sites (tertiary alicyclic amines) is 1. The summed E-state index contributed by atoms with van der Waals surface area (Å²) in [7, 11) is 0. The van der Waals surface area contributed by atoms with Crippen molar-refractivity contribution >= 4 is 5.82 Å². The predicted octanol–water partition coefficient (Wildman–Crippen LogP) is 2.86. The summed E-state index contributed by atoms with van der Waals surface area (Å²) in [6.07, 6.45) is 4.64. The van der Waals surface area contributed by atoms with Crippen LogP contribution in [0, 0.1) is 5.92 Å². The van der Waals surface area contributed by atoms with Gasteiger partial charge in [-0.1, -0.05) is 36.4 Å². The zero-order chi connectivity index (χ0) is 17.1. The quantitative estimate of drug-likeness (QED) is 0.912. The average molecular weight is 336 g/mol. The molecular formula is C21H28N4. The fraction of sp³-hybridized carbons (Fsp3) is 0.476. The van der Waals surface area contributed by atoms with Crippen LogP contribution < -0.4 is 10.6 Å². The van der Waals surface area contributed by atoms with Gasteiger partial charge in [0.05, 0.1) is 0 Å². The van der Waals surface area contributed by atoms with Crippen LogP contribution in [0.15, 0.2) is 48.7 Å². The Kier molecular flexibility index (Phi) is 4.99. The van der Waals surface area contributed by atoms with Crippen molar-refractivity contribution in [2.24, 2.45) is 11.7 Å². The Morgan fingerprint density at radius 1 is 1.00 bits per heavy atom. The van der Waals surface area contributed by atoms with E-state index in [1.54, 1.807) is 0 Å². The fourth-order valence-electron chi connectivity index (χ4n) is 4.31. The minimum Gasteiger partial charge on any atom is -0.357 e. The van der Waals surface area contributed by atoms with Gasteiger partial charge >= 0.3 is 0 Å². The van der Waals surface area contributed by atoms with Crippen LogP contribution in [0.4, 0.5) is 5.82 Å². The highest BCUT2D eigenvalue weighted by Gasteiger charge is 2.32. The van der Waals surface area contributed by atoms with E-state index in [2.05, 4.69) is 58.5 Å². The highest BCUT2D eigenvalue weighted by molar-refractivity contribution is 5.40. The average Bonchev–Trinajstić information content (AvgIpc) is 3.33. The van der Waals surface area contributed by atoms with Crippen LogP contribution in [0.3, 0.4) is 0 Å². The normalized spacial score (nSPS) is 24.1. The first-order valence-corrected chi connectivity index (χ1v) is 9.51. The number of aromatic nitrogens is 1. The summed E-state index contributed by atoms with van der Waals surface area (Å²) < 4.78 is 0. The number of hydrogen-bond acceptors (Lipinski definition) is 4. The van der Waals surface area contributed by atoms with E-state index in [9.17, 15) is 0 Å². The van der Waals surface area contributed by atoms with Crippen molar-refractivity contribution in [3.8, 4) is 0 Å². The van der Waals surface area contributed by atoms with Crippen molar-refractivity contribution in [2.75, 3.05) is 37.6 Å². The number of hydrogen-bond donors (Lipinski definition) is 1. The molecule has 2 fully saturated rings. The van der Waals surface area contributed by atoms with Crippen LogP contribution in [0.1, 0.15) is 29.9 Å². The number of benzene rings is 1. The highest BCUT2D eigenvalue weighted by atomic mass is 15.2. The lowest BCUT2D eigenvalue weighted by Gasteiger charge is -2.18. The molecule has 0 unspecified atom stereocenters. The molecule has 1 aromatic carbocycles. The van der Waals surface area contributed by atoms with Gasteiger partial charge in [-0.3, -0.25) is 4.90 Å². The molecule has 25 heavy (non-hydrogen) atoms. The maximum atomic E-state index is 6.06. The summed E-state index contributed by atoms with van der Waals surface area (Å²) in [5, 5.41) is 0. The van der Waals surface area contributed by atoms with Crippen molar-refractivity contribution in [3.63, 3.8) is 0 Å². The highest BCUT2D eigenvalue weighted by Crippen LogP contribution is 2.32. The van der Waals surface area contributed by atoms with Gasteiger partial charge in [0.25, 0.3) is 0 Å². The lowest BCUT2D eigenvalue weighted by molar-refractivity contribution is 0.316. The molecule has 3 heterocycles. The first-order valence-electron chi connectivity index (χ1n) is 9.51. The topological polar surface area (TPSA) is 45.4 Å². The van der Waals surface area contributed by atoms with Gasteiger partial charge in [-0.25, -0.2) is 4.98 Å². The molecule has 0 spiro atoms. The van der Waals surface area contributed by atoms with Gasteiger partial charge < -0.3 is 10.6 Å². The Morgan fingerprint density at radius 3 is 2.48 bits per heavy atom. The van der Waals surface area contributed by atoms with E-state index in [-0.39, 0.29) is 0 Å². The van der Waals surface area contributed by atoms with Crippen molar-refractivity contribution < 1.29 is 0 Å². The van der Waals surface area contributed by atoms with E-state index < -0.39 is 0 Å². The van der Waals surface area contributed by atoms with E-state index in [0.29, 0.717) is 11.8 Å². The number of pyridine rings is 1. The van der Waals surface area contributed by atoms with E-state index in [1.807, 2.05) is 0 Å². The van der Waals surface area contributed by atoms with Crippen LogP contribution in [0.2, 0.25) is 0 Å². The lowest BCUT2D eigenvalue weighted by atomic mass is 9.89. The molecule has 0 bridgehead atoms. The molecule has 1 aromatic heterocycles. The zero-order valence-corrected chi connectivity index (χ0v) is 14.8. The van der Waals surface area contributed by atoms with Gasteiger partial charge in [-0.2, -0.15) is 0 Å². The molecule has 0 aliphatic carbocycles. The molecule has 0 saturated carbocycles. The zero-order valence-electron chi connectivity index (χ0n) is 14.8.